The van der Waals surface area contributed by atoms with Gasteiger partial charge in [-0.25, -0.2) is 0 Å². The molecule has 0 spiro atoms. The molecule has 2 heteroatoms. The van der Waals surface area contributed by atoms with Gasteiger partial charge in [0.15, 0.2) is 7.28 Å². The lowest BCUT2D eigenvalue weighted by atomic mass is 9.72. The largest absolute Gasteiger partial charge is 0.315 e. The van der Waals surface area contributed by atoms with E-state index >= 15 is 0 Å². The Morgan fingerprint density at radius 2 is 1.88 bits per heavy atom. The van der Waals surface area contributed by atoms with Crippen molar-refractivity contribution in [1.29, 1.82) is 0 Å². The second-order valence-electron chi connectivity index (χ2n) is 5.08. The zero-order valence-electron chi connectivity index (χ0n) is 11.8. The quantitative estimate of drug-likeness (QED) is 0.560. The van der Waals surface area contributed by atoms with E-state index in [1.54, 1.807) is 0 Å². The maximum atomic E-state index is 3.47. The fourth-order valence-corrected chi connectivity index (χ4v) is 2.08. The fraction of sp³-hybridized carbons (Fsp3) is 0.600. The van der Waals surface area contributed by atoms with Gasteiger partial charge >= 0.3 is 0 Å². The van der Waals surface area contributed by atoms with Gasteiger partial charge in [-0.15, -0.1) is 0 Å². The lowest BCUT2D eigenvalue weighted by Crippen LogP contribution is -2.24. The standard InChI is InChI=1S/C15H26BN/c1-5-13-9-14(11-15(10-13)16-4)7-6-8-17-12(2)3/h9-12,16-17H,5-8H2,1-4H3. The normalized spacial score (nSPS) is 10.9. The summed E-state index contributed by atoms with van der Waals surface area (Å²) in [5.41, 5.74) is 4.47. The smallest absolute Gasteiger partial charge is 0.154 e. The van der Waals surface area contributed by atoms with Gasteiger partial charge in [-0.05, 0) is 36.9 Å². The van der Waals surface area contributed by atoms with Crippen LogP contribution in [0, 0.1) is 0 Å². The molecule has 1 nitrogen and oxygen atoms in total. The Hall–Kier alpha value is -0.755. The molecule has 0 heterocycles. The first-order chi connectivity index (χ1) is 8.15. The predicted octanol–water partition coefficient (Wildman–Crippen LogP) is 2.29. The topological polar surface area (TPSA) is 12.0 Å². The molecule has 0 amide bonds. The lowest BCUT2D eigenvalue weighted by molar-refractivity contribution is 0.570. The molecule has 94 valence electrons. The summed E-state index contributed by atoms with van der Waals surface area (Å²) in [4.78, 5) is 0. The Bertz CT molecular complexity index is 311. The lowest BCUT2D eigenvalue weighted by Gasteiger charge is -2.10. The SMILES string of the molecule is CBc1cc(CC)cc(CCCNC(C)C)c1. The zero-order valence-corrected chi connectivity index (χ0v) is 11.8. The van der Waals surface area contributed by atoms with Gasteiger partial charge in [0.05, 0.1) is 0 Å². The van der Waals surface area contributed by atoms with E-state index in [4.69, 9.17) is 0 Å². The van der Waals surface area contributed by atoms with Gasteiger partial charge in [-0.3, -0.25) is 0 Å². The average molecular weight is 231 g/mol. The molecule has 1 aromatic rings. The third-order valence-corrected chi connectivity index (χ3v) is 3.12. The molecule has 0 bridgehead atoms. The number of hydrogen-bond donors (Lipinski definition) is 1. The minimum absolute atomic E-state index is 0.600. The molecule has 0 aliphatic rings. The van der Waals surface area contributed by atoms with Crippen molar-refractivity contribution in [2.24, 2.45) is 0 Å². The van der Waals surface area contributed by atoms with Crippen LogP contribution >= 0.6 is 0 Å². The number of aryl methyl sites for hydroxylation is 2. The molecule has 0 unspecified atom stereocenters. The van der Waals surface area contributed by atoms with E-state index in [1.165, 1.54) is 29.4 Å². The first-order valence-electron chi connectivity index (χ1n) is 7.00. The van der Waals surface area contributed by atoms with Crippen LogP contribution in [-0.4, -0.2) is 19.9 Å². The summed E-state index contributed by atoms with van der Waals surface area (Å²) in [5.74, 6) is 0. The maximum absolute atomic E-state index is 3.47. The minimum Gasteiger partial charge on any atom is -0.315 e. The molecule has 0 radical (unpaired) electrons. The highest BCUT2D eigenvalue weighted by Gasteiger charge is 2.00. The van der Waals surface area contributed by atoms with Gasteiger partial charge < -0.3 is 5.32 Å². The van der Waals surface area contributed by atoms with Crippen molar-refractivity contribution in [2.45, 2.75) is 52.9 Å². The van der Waals surface area contributed by atoms with Crippen LogP contribution in [0.1, 0.15) is 38.3 Å². The predicted molar refractivity (Wildman–Crippen MR) is 79.9 cm³/mol. The Morgan fingerprint density at radius 1 is 1.18 bits per heavy atom. The van der Waals surface area contributed by atoms with E-state index < -0.39 is 0 Å². The molecular weight excluding hydrogens is 205 g/mol. The number of nitrogens with one attached hydrogen (secondary N) is 1. The van der Waals surface area contributed by atoms with Crippen LogP contribution in [0.15, 0.2) is 18.2 Å². The maximum Gasteiger partial charge on any atom is 0.154 e. The second-order valence-corrected chi connectivity index (χ2v) is 5.08. The van der Waals surface area contributed by atoms with E-state index in [-0.39, 0.29) is 0 Å². The van der Waals surface area contributed by atoms with Crippen LogP contribution in [0.2, 0.25) is 6.82 Å². The van der Waals surface area contributed by atoms with E-state index in [9.17, 15) is 0 Å². The van der Waals surface area contributed by atoms with Crippen LogP contribution in [0.4, 0.5) is 0 Å². The number of benzene rings is 1. The van der Waals surface area contributed by atoms with Gasteiger partial charge in [0.2, 0.25) is 0 Å². The van der Waals surface area contributed by atoms with Crippen LogP contribution in [0.25, 0.3) is 0 Å². The van der Waals surface area contributed by atoms with Crippen molar-refractivity contribution in [3.63, 3.8) is 0 Å². The van der Waals surface area contributed by atoms with E-state index in [2.05, 4.69) is 51.1 Å². The molecule has 0 atom stereocenters. The molecular formula is C15H26BN. The van der Waals surface area contributed by atoms with Crippen LogP contribution < -0.4 is 10.8 Å². The van der Waals surface area contributed by atoms with Crippen LogP contribution in [0.3, 0.4) is 0 Å². The summed E-state index contributed by atoms with van der Waals surface area (Å²) in [5, 5.41) is 3.47. The highest BCUT2D eigenvalue weighted by Crippen LogP contribution is 2.06. The van der Waals surface area contributed by atoms with Crippen molar-refractivity contribution >= 4 is 12.7 Å². The molecule has 1 aromatic carbocycles. The third-order valence-electron chi connectivity index (χ3n) is 3.12. The van der Waals surface area contributed by atoms with Gasteiger partial charge in [-0.1, -0.05) is 51.3 Å². The van der Waals surface area contributed by atoms with Gasteiger partial charge in [0.1, 0.15) is 0 Å². The molecule has 0 saturated heterocycles. The van der Waals surface area contributed by atoms with Gasteiger partial charge in [-0.2, -0.15) is 0 Å². The summed E-state index contributed by atoms with van der Waals surface area (Å²) >= 11 is 0. The number of rotatable bonds is 7. The van der Waals surface area contributed by atoms with Gasteiger partial charge in [0, 0.05) is 6.04 Å². The van der Waals surface area contributed by atoms with E-state index in [1.807, 2.05) is 0 Å². The Morgan fingerprint density at radius 3 is 2.47 bits per heavy atom. The second kappa shape index (κ2) is 7.55. The van der Waals surface area contributed by atoms with Crippen LogP contribution in [-0.2, 0) is 12.8 Å². The Balaban J connectivity index is 2.51. The van der Waals surface area contributed by atoms with Crippen molar-refractivity contribution < 1.29 is 0 Å². The molecule has 0 fully saturated rings. The molecule has 0 aromatic heterocycles. The summed E-state index contributed by atoms with van der Waals surface area (Å²) in [7, 11) is 1.14. The highest BCUT2D eigenvalue weighted by atomic mass is 14.9. The highest BCUT2D eigenvalue weighted by molar-refractivity contribution is 6.51. The zero-order chi connectivity index (χ0) is 12.7. The van der Waals surface area contributed by atoms with Crippen molar-refractivity contribution in [1.82, 2.24) is 5.32 Å². The van der Waals surface area contributed by atoms with E-state index in [0.29, 0.717) is 6.04 Å². The molecule has 17 heavy (non-hydrogen) atoms. The number of hydrogen-bond acceptors (Lipinski definition) is 1. The van der Waals surface area contributed by atoms with Gasteiger partial charge in [0.25, 0.3) is 0 Å². The summed E-state index contributed by atoms with van der Waals surface area (Å²) < 4.78 is 0. The summed E-state index contributed by atoms with van der Waals surface area (Å²) in [6, 6.07) is 7.68. The molecule has 0 aliphatic heterocycles. The summed E-state index contributed by atoms with van der Waals surface area (Å²) in [6.07, 6.45) is 3.57. The Kier molecular flexibility index (Phi) is 6.35. The molecule has 0 saturated carbocycles. The van der Waals surface area contributed by atoms with Crippen molar-refractivity contribution in [3.05, 3.63) is 29.3 Å². The minimum atomic E-state index is 0.600. The van der Waals surface area contributed by atoms with Crippen molar-refractivity contribution in [2.75, 3.05) is 6.54 Å². The van der Waals surface area contributed by atoms with Crippen LogP contribution in [0.5, 0.6) is 0 Å². The average Bonchev–Trinajstić information content (AvgIpc) is 2.34. The molecule has 1 rings (SSSR count). The third kappa shape index (κ3) is 5.40. The Labute approximate surface area is 107 Å². The molecule has 0 aliphatic carbocycles. The van der Waals surface area contributed by atoms with Crippen molar-refractivity contribution in [3.8, 4) is 0 Å². The monoisotopic (exact) mass is 231 g/mol. The summed E-state index contributed by atoms with van der Waals surface area (Å²) in [6.45, 7) is 9.99. The first-order valence-corrected chi connectivity index (χ1v) is 7.00. The van der Waals surface area contributed by atoms with E-state index in [0.717, 1.165) is 20.2 Å². The first kappa shape index (κ1) is 14.3. The molecule has 1 N–H and O–H groups in total. The fourth-order valence-electron chi connectivity index (χ4n) is 2.08.